The SMILES string of the molecule is Cn1cnc2c(OC3CC3)nc(-c3ccccc3)nc21. The molecule has 3 aromatic rings. The quantitative estimate of drug-likeness (QED) is 0.731. The fourth-order valence-corrected chi connectivity index (χ4v) is 2.12. The molecule has 1 saturated carbocycles. The summed E-state index contributed by atoms with van der Waals surface area (Å²) in [4.78, 5) is 13.5. The number of rotatable bonds is 3. The van der Waals surface area contributed by atoms with Gasteiger partial charge in [0.1, 0.15) is 6.10 Å². The number of hydrogen-bond donors (Lipinski definition) is 0. The van der Waals surface area contributed by atoms with Crippen molar-refractivity contribution in [3.63, 3.8) is 0 Å². The molecule has 1 aliphatic rings. The maximum absolute atomic E-state index is 5.89. The van der Waals surface area contributed by atoms with Crippen molar-refractivity contribution in [2.75, 3.05) is 0 Å². The zero-order valence-corrected chi connectivity index (χ0v) is 11.2. The van der Waals surface area contributed by atoms with Crippen LogP contribution >= 0.6 is 0 Å². The molecule has 0 amide bonds. The lowest BCUT2D eigenvalue weighted by Crippen LogP contribution is -2.02. The van der Waals surface area contributed by atoms with Gasteiger partial charge in [-0.1, -0.05) is 30.3 Å². The van der Waals surface area contributed by atoms with Crippen molar-refractivity contribution < 1.29 is 4.74 Å². The number of aromatic nitrogens is 4. The van der Waals surface area contributed by atoms with Gasteiger partial charge in [-0.3, -0.25) is 0 Å². The van der Waals surface area contributed by atoms with E-state index in [1.807, 2.05) is 41.9 Å². The molecule has 1 aromatic carbocycles. The maximum atomic E-state index is 5.89. The second-order valence-electron chi connectivity index (χ2n) is 5.06. The molecule has 2 aromatic heterocycles. The summed E-state index contributed by atoms with van der Waals surface area (Å²) in [5.41, 5.74) is 2.52. The standard InChI is InChI=1S/C15H14N4O/c1-19-9-16-12-14(19)17-13(10-5-3-2-4-6-10)18-15(12)20-11-7-8-11/h2-6,9,11H,7-8H2,1H3. The maximum Gasteiger partial charge on any atom is 0.246 e. The normalized spacial score (nSPS) is 14.7. The third-order valence-corrected chi connectivity index (χ3v) is 3.36. The van der Waals surface area contributed by atoms with Gasteiger partial charge in [0.15, 0.2) is 17.0 Å². The van der Waals surface area contributed by atoms with Crippen LogP contribution in [0.1, 0.15) is 12.8 Å². The van der Waals surface area contributed by atoms with Crippen LogP contribution in [-0.2, 0) is 7.05 Å². The van der Waals surface area contributed by atoms with E-state index in [2.05, 4.69) is 15.0 Å². The average Bonchev–Trinajstić information content (AvgIpc) is 3.22. The van der Waals surface area contributed by atoms with Crippen molar-refractivity contribution in [2.24, 2.45) is 7.05 Å². The van der Waals surface area contributed by atoms with E-state index >= 15 is 0 Å². The van der Waals surface area contributed by atoms with Gasteiger partial charge in [-0.2, -0.15) is 4.98 Å². The number of fused-ring (bicyclic) bond motifs is 1. The molecule has 20 heavy (non-hydrogen) atoms. The number of imidazole rings is 1. The van der Waals surface area contributed by atoms with Crippen LogP contribution < -0.4 is 4.74 Å². The van der Waals surface area contributed by atoms with Gasteiger partial charge in [-0.25, -0.2) is 9.97 Å². The summed E-state index contributed by atoms with van der Waals surface area (Å²) >= 11 is 0. The highest BCUT2D eigenvalue weighted by atomic mass is 16.5. The predicted octanol–water partition coefficient (Wildman–Crippen LogP) is 2.57. The summed E-state index contributed by atoms with van der Waals surface area (Å²) in [6.07, 6.45) is 4.23. The fraction of sp³-hybridized carbons (Fsp3) is 0.267. The Morgan fingerprint density at radius 1 is 1.15 bits per heavy atom. The molecule has 5 nitrogen and oxygen atoms in total. The van der Waals surface area contributed by atoms with Crippen molar-refractivity contribution >= 4 is 11.2 Å². The van der Waals surface area contributed by atoms with E-state index in [1.165, 1.54) is 0 Å². The molecule has 0 unspecified atom stereocenters. The van der Waals surface area contributed by atoms with Gasteiger partial charge in [0, 0.05) is 12.6 Å². The first-order valence-corrected chi connectivity index (χ1v) is 6.72. The van der Waals surface area contributed by atoms with Crippen LogP contribution in [-0.4, -0.2) is 25.6 Å². The van der Waals surface area contributed by atoms with Crippen LogP contribution in [0.5, 0.6) is 5.88 Å². The van der Waals surface area contributed by atoms with Gasteiger partial charge < -0.3 is 9.30 Å². The van der Waals surface area contributed by atoms with Crippen LogP contribution in [0.2, 0.25) is 0 Å². The lowest BCUT2D eigenvalue weighted by molar-refractivity contribution is 0.294. The Balaban J connectivity index is 1.90. The highest BCUT2D eigenvalue weighted by Crippen LogP contribution is 2.31. The largest absolute Gasteiger partial charge is 0.473 e. The Bertz CT molecular complexity index is 762. The van der Waals surface area contributed by atoms with E-state index in [-0.39, 0.29) is 0 Å². The molecule has 4 rings (SSSR count). The lowest BCUT2D eigenvalue weighted by Gasteiger charge is -2.07. The molecule has 0 bridgehead atoms. The van der Waals surface area contributed by atoms with Crippen molar-refractivity contribution in [1.82, 2.24) is 19.5 Å². The highest BCUT2D eigenvalue weighted by Gasteiger charge is 2.26. The van der Waals surface area contributed by atoms with Gasteiger partial charge in [0.25, 0.3) is 0 Å². The first-order chi connectivity index (χ1) is 9.81. The molecule has 0 radical (unpaired) electrons. The average molecular weight is 266 g/mol. The predicted molar refractivity (Wildman–Crippen MR) is 75.4 cm³/mol. The van der Waals surface area contributed by atoms with Crippen molar-refractivity contribution in [2.45, 2.75) is 18.9 Å². The number of aryl methyl sites for hydroxylation is 1. The molecule has 0 atom stereocenters. The molecule has 0 saturated heterocycles. The Kier molecular flexibility index (Phi) is 2.45. The summed E-state index contributed by atoms with van der Waals surface area (Å²) in [5.74, 6) is 1.27. The van der Waals surface area contributed by atoms with Crippen molar-refractivity contribution in [3.8, 4) is 17.3 Å². The molecular weight excluding hydrogens is 252 g/mol. The monoisotopic (exact) mass is 266 g/mol. The lowest BCUT2D eigenvalue weighted by atomic mass is 10.2. The molecule has 0 aliphatic heterocycles. The number of nitrogens with zero attached hydrogens (tertiary/aromatic N) is 4. The minimum Gasteiger partial charge on any atom is -0.473 e. The molecular formula is C15H14N4O. The topological polar surface area (TPSA) is 52.8 Å². The van der Waals surface area contributed by atoms with Gasteiger partial charge in [-0.15, -0.1) is 0 Å². The van der Waals surface area contributed by atoms with Crippen LogP contribution in [0.4, 0.5) is 0 Å². The zero-order chi connectivity index (χ0) is 13.5. The number of benzene rings is 1. The second-order valence-corrected chi connectivity index (χ2v) is 5.06. The smallest absolute Gasteiger partial charge is 0.246 e. The van der Waals surface area contributed by atoms with E-state index in [9.17, 15) is 0 Å². The van der Waals surface area contributed by atoms with E-state index < -0.39 is 0 Å². The van der Waals surface area contributed by atoms with E-state index in [1.54, 1.807) is 6.33 Å². The number of ether oxygens (including phenoxy) is 1. The summed E-state index contributed by atoms with van der Waals surface area (Å²) < 4.78 is 7.78. The molecule has 1 fully saturated rings. The Morgan fingerprint density at radius 3 is 2.70 bits per heavy atom. The highest BCUT2D eigenvalue weighted by molar-refractivity contribution is 5.79. The van der Waals surface area contributed by atoms with E-state index in [0.717, 1.165) is 29.6 Å². The molecule has 5 heteroatoms. The third kappa shape index (κ3) is 1.91. The summed E-state index contributed by atoms with van der Waals surface area (Å²) in [6, 6.07) is 9.94. The Labute approximate surface area is 116 Å². The van der Waals surface area contributed by atoms with E-state index in [0.29, 0.717) is 17.8 Å². The molecule has 0 spiro atoms. The third-order valence-electron chi connectivity index (χ3n) is 3.36. The van der Waals surface area contributed by atoms with E-state index in [4.69, 9.17) is 4.74 Å². The first kappa shape index (κ1) is 11.4. The van der Waals surface area contributed by atoms with Crippen LogP contribution in [0, 0.1) is 0 Å². The molecule has 1 aliphatic carbocycles. The molecule has 2 heterocycles. The minimum absolute atomic E-state index is 0.290. The van der Waals surface area contributed by atoms with Crippen LogP contribution in [0.25, 0.3) is 22.6 Å². The second kappa shape index (κ2) is 4.30. The van der Waals surface area contributed by atoms with Crippen LogP contribution in [0.15, 0.2) is 36.7 Å². The number of hydrogen-bond acceptors (Lipinski definition) is 4. The summed E-state index contributed by atoms with van der Waals surface area (Å²) in [6.45, 7) is 0. The van der Waals surface area contributed by atoms with Gasteiger partial charge in [-0.05, 0) is 12.8 Å². The minimum atomic E-state index is 0.290. The summed E-state index contributed by atoms with van der Waals surface area (Å²) in [5, 5.41) is 0. The zero-order valence-electron chi connectivity index (χ0n) is 11.2. The molecule has 100 valence electrons. The summed E-state index contributed by atoms with van der Waals surface area (Å²) in [7, 11) is 1.93. The van der Waals surface area contributed by atoms with Crippen molar-refractivity contribution in [3.05, 3.63) is 36.7 Å². The van der Waals surface area contributed by atoms with Crippen molar-refractivity contribution in [1.29, 1.82) is 0 Å². The Hall–Kier alpha value is -2.43. The molecule has 0 N–H and O–H groups in total. The van der Waals surface area contributed by atoms with Gasteiger partial charge in [0.05, 0.1) is 6.33 Å². The van der Waals surface area contributed by atoms with Crippen LogP contribution in [0.3, 0.4) is 0 Å². The van der Waals surface area contributed by atoms with Gasteiger partial charge >= 0.3 is 0 Å². The van der Waals surface area contributed by atoms with Gasteiger partial charge in [0.2, 0.25) is 5.88 Å². The fourth-order valence-electron chi connectivity index (χ4n) is 2.12. The first-order valence-electron chi connectivity index (χ1n) is 6.72. The Morgan fingerprint density at radius 2 is 1.95 bits per heavy atom.